The third-order valence-corrected chi connectivity index (χ3v) is 9.28. The Kier molecular flexibility index (Phi) is 5.89. The maximum atomic E-state index is 6.36. The molecule has 0 saturated heterocycles. The Labute approximate surface area is 210 Å². The van der Waals surface area contributed by atoms with Gasteiger partial charge in [0.1, 0.15) is 19.7 Å². The van der Waals surface area contributed by atoms with Gasteiger partial charge in [0, 0.05) is 47.1 Å². The first kappa shape index (κ1) is 23.5. The molecule has 2 heterocycles. The predicted octanol–water partition coefficient (Wildman–Crippen LogP) is 7.14. The number of hydrogen-bond acceptors (Lipinski definition) is 5. The molecule has 2 aliphatic heterocycles. The molecule has 5 rings (SSSR count). The molecule has 182 valence electrons. The molecular formula is C29H36N4OSi. The topological polar surface area (TPSA) is 22.2 Å². The molecule has 3 aromatic rings. The normalized spacial score (nSPS) is 17.6. The fourth-order valence-corrected chi connectivity index (χ4v) is 5.81. The molecule has 0 radical (unpaired) electrons. The summed E-state index contributed by atoms with van der Waals surface area (Å²) < 4.78 is 8.83. The van der Waals surface area contributed by atoms with E-state index in [-0.39, 0.29) is 5.54 Å². The molecule has 35 heavy (non-hydrogen) atoms. The average molecular weight is 485 g/mol. The lowest BCUT2D eigenvalue weighted by atomic mass is 9.88. The van der Waals surface area contributed by atoms with E-state index in [9.17, 15) is 0 Å². The highest BCUT2D eigenvalue weighted by molar-refractivity contribution is 6.73. The first-order valence-corrected chi connectivity index (χ1v) is 15.8. The van der Waals surface area contributed by atoms with Crippen LogP contribution in [0.4, 0.5) is 17.1 Å². The number of fused-ring (bicyclic) bond motifs is 1. The third kappa shape index (κ3) is 4.56. The Bertz CT molecular complexity index is 1250. The van der Waals surface area contributed by atoms with Crippen molar-refractivity contribution in [1.82, 2.24) is 9.47 Å². The fourth-order valence-electron chi connectivity index (χ4n) is 4.72. The molecule has 0 N–H and O–H groups in total. The monoisotopic (exact) mass is 484 g/mol. The Morgan fingerprint density at radius 3 is 2.11 bits per heavy atom. The van der Waals surface area contributed by atoms with Crippen molar-refractivity contribution in [3.05, 3.63) is 90.8 Å². The van der Waals surface area contributed by atoms with Crippen molar-refractivity contribution in [2.24, 2.45) is 0 Å². The van der Waals surface area contributed by atoms with Gasteiger partial charge in [0.05, 0.1) is 13.3 Å². The molecule has 0 atom stereocenters. The maximum Gasteiger partial charge on any atom is 0.149 e. The Hall–Kier alpha value is -3.22. The molecule has 0 fully saturated rings. The fraction of sp³-hybridized carbons (Fsp3) is 0.310. The summed E-state index contributed by atoms with van der Waals surface area (Å²) in [6.45, 7) is 13.4. The standard InChI is InChI=1S/C29H36N4OSi/c1-29(2)27-15-7-8-16-28(27)33(21-30(29)3)24-12-10-14-26(20-24)34-25-13-9-11-23(19-25)31-17-18-32(22-31)35(4,5)6/h7-20H,21-22H2,1-6H3. The van der Waals surface area contributed by atoms with Gasteiger partial charge < -0.3 is 19.1 Å². The number of anilines is 3. The van der Waals surface area contributed by atoms with Gasteiger partial charge in [-0.2, -0.15) is 0 Å². The van der Waals surface area contributed by atoms with Crippen molar-refractivity contribution in [1.29, 1.82) is 0 Å². The van der Waals surface area contributed by atoms with E-state index in [1.54, 1.807) is 0 Å². The van der Waals surface area contributed by atoms with Crippen LogP contribution in [0, 0.1) is 0 Å². The van der Waals surface area contributed by atoms with Crippen molar-refractivity contribution in [2.45, 2.75) is 39.0 Å². The van der Waals surface area contributed by atoms with Crippen LogP contribution in [0.5, 0.6) is 11.5 Å². The number of benzene rings is 3. The molecule has 2 aliphatic rings. The van der Waals surface area contributed by atoms with Crippen molar-refractivity contribution in [2.75, 3.05) is 30.2 Å². The molecular weight excluding hydrogens is 448 g/mol. The van der Waals surface area contributed by atoms with Gasteiger partial charge in [0.2, 0.25) is 0 Å². The van der Waals surface area contributed by atoms with Crippen molar-refractivity contribution in [3.8, 4) is 11.5 Å². The quantitative estimate of drug-likeness (QED) is 0.358. The van der Waals surface area contributed by atoms with Crippen LogP contribution >= 0.6 is 0 Å². The van der Waals surface area contributed by atoms with Crippen molar-refractivity contribution < 1.29 is 4.74 Å². The van der Waals surface area contributed by atoms with E-state index >= 15 is 0 Å². The van der Waals surface area contributed by atoms with Crippen LogP contribution in [0.25, 0.3) is 0 Å². The minimum absolute atomic E-state index is 0.0171. The Balaban J connectivity index is 1.38. The van der Waals surface area contributed by atoms with Gasteiger partial charge in [-0.3, -0.25) is 4.90 Å². The molecule has 0 bridgehead atoms. The van der Waals surface area contributed by atoms with Crippen LogP contribution in [0.3, 0.4) is 0 Å². The van der Waals surface area contributed by atoms with Gasteiger partial charge in [-0.1, -0.05) is 50.0 Å². The summed E-state index contributed by atoms with van der Waals surface area (Å²) in [6.07, 6.45) is 4.39. The van der Waals surface area contributed by atoms with Gasteiger partial charge in [0.25, 0.3) is 0 Å². The second kappa shape index (κ2) is 8.77. The number of rotatable bonds is 5. The smallest absolute Gasteiger partial charge is 0.149 e. The van der Waals surface area contributed by atoms with Gasteiger partial charge in [-0.25, -0.2) is 0 Å². The average Bonchev–Trinajstić information content (AvgIpc) is 3.33. The molecule has 6 heteroatoms. The lowest BCUT2D eigenvalue weighted by Crippen LogP contribution is -2.49. The zero-order valence-corrected chi connectivity index (χ0v) is 22.7. The Morgan fingerprint density at radius 1 is 0.771 bits per heavy atom. The molecule has 0 unspecified atom stereocenters. The summed E-state index contributed by atoms with van der Waals surface area (Å²) in [4.78, 5) is 7.03. The molecule has 5 nitrogen and oxygen atoms in total. The van der Waals surface area contributed by atoms with Gasteiger partial charge in [-0.05, 0) is 56.8 Å². The molecule has 0 aliphatic carbocycles. The lowest BCUT2D eigenvalue weighted by molar-refractivity contribution is 0.150. The maximum absolute atomic E-state index is 6.36. The SMILES string of the molecule is CN1CN(c2cccc(Oc3cccc(N4C=CN([Si](C)(C)C)C4)c3)c2)c2ccccc2C1(C)C. The van der Waals surface area contributed by atoms with Gasteiger partial charge in [0.15, 0.2) is 0 Å². The molecule has 3 aromatic carbocycles. The minimum Gasteiger partial charge on any atom is -0.457 e. The molecule has 0 aromatic heterocycles. The summed E-state index contributed by atoms with van der Waals surface area (Å²) in [6, 6.07) is 25.5. The zero-order valence-electron chi connectivity index (χ0n) is 21.7. The van der Waals surface area contributed by atoms with Crippen LogP contribution in [-0.4, -0.2) is 38.1 Å². The summed E-state index contributed by atoms with van der Waals surface area (Å²) in [5, 5.41) is 0. The number of ether oxygens (including phenoxy) is 1. The molecule has 0 saturated carbocycles. The van der Waals surface area contributed by atoms with Crippen molar-refractivity contribution >= 4 is 25.3 Å². The minimum atomic E-state index is -1.37. The first-order chi connectivity index (χ1) is 16.6. The van der Waals surface area contributed by atoms with Crippen LogP contribution in [0.15, 0.2) is 85.2 Å². The van der Waals surface area contributed by atoms with Gasteiger partial charge >= 0.3 is 0 Å². The van der Waals surface area contributed by atoms with Crippen LogP contribution in [0.1, 0.15) is 19.4 Å². The summed E-state index contributed by atoms with van der Waals surface area (Å²) in [5.41, 5.74) is 4.84. The predicted molar refractivity (Wildman–Crippen MR) is 149 cm³/mol. The summed E-state index contributed by atoms with van der Waals surface area (Å²) in [5.74, 6) is 1.68. The van der Waals surface area contributed by atoms with E-state index in [4.69, 9.17) is 4.74 Å². The number of nitrogens with zero attached hydrogens (tertiary/aromatic N) is 4. The van der Waals surface area contributed by atoms with Crippen LogP contribution < -0.4 is 14.5 Å². The molecule has 0 spiro atoms. The largest absolute Gasteiger partial charge is 0.457 e. The van der Waals surface area contributed by atoms with E-state index < -0.39 is 8.24 Å². The van der Waals surface area contributed by atoms with E-state index in [1.165, 1.54) is 11.3 Å². The Morgan fingerprint density at radius 2 is 1.43 bits per heavy atom. The summed E-state index contributed by atoms with van der Waals surface area (Å²) >= 11 is 0. The highest BCUT2D eigenvalue weighted by Crippen LogP contribution is 2.42. The lowest BCUT2D eigenvalue weighted by Gasteiger charge is -2.47. The van der Waals surface area contributed by atoms with E-state index in [1.807, 2.05) is 12.1 Å². The van der Waals surface area contributed by atoms with E-state index in [2.05, 4.69) is 133 Å². The second-order valence-corrected chi connectivity index (χ2v) is 15.9. The van der Waals surface area contributed by atoms with Gasteiger partial charge in [-0.15, -0.1) is 0 Å². The zero-order chi connectivity index (χ0) is 24.8. The molecule has 0 amide bonds. The first-order valence-electron chi connectivity index (χ1n) is 12.3. The van der Waals surface area contributed by atoms with E-state index in [0.29, 0.717) is 0 Å². The van der Waals surface area contributed by atoms with Crippen LogP contribution in [-0.2, 0) is 5.54 Å². The highest BCUT2D eigenvalue weighted by Gasteiger charge is 2.35. The van der Waals surface area contributed by atoms with Crippen molar-refractivity contribution in [3.63, 3.8) is 0 Å². The summed E-state index contributed by atoms with van der Waals surface area (Å²) in [7, 11) is 0.815. The second-order valence-electron chi connectivity index (χ2n) is 11.0. The third-order valence-electron chi connectivity index (χ3n) is 7.27. The highest BCUT2D eigenvalue weighted by atomic mass is 28.3. The number of hydrogen-bond donors (Lipinski definition) is 0. The van der Waals surface area contributed by atoms with E-state index in [0.717, 1.165) is 36.2 Å². The number of para-hydroxylation sites is 1. The van der Waals surface area contributed by atoms with Crippen LogP contribution in [0.2, 0.25) is 19.6 Å².